The molecular weight excluding hydrogens is 194 g/mol. The normalized spacial score (nSPS) is 7.80. The van der Waals surface area contributed by atoms with Gasteiger partial charge in [0, 0.05) is 7.05 Å². The van der Waals surface area contributed by atoms with E-state index in [1.807, 2.05) is 0 Å². The largest absolute Gasteiger partial charge is 0.317 e. The van der Waals surface area contributed by atoms with Crippen LogP contribution in [0.1, 0.15) is 13.8 Å². The third kappa shape index (κ3) is 68.5. The molecule has 0 aliphatic rings. The Kier molecular flexibility index (Phi) is 28.0. The summed E-state index contributed by atoms with van der Waals surface area (Å²) in [5.41, 5.74) is 0. The van der Waals surface area contributed by atoms with E-state index in [0.29, 0.717) is 0 Å². The van der Waals surface area contributed by atoms with Crippen molar-refractivity contribution in [2.45, 2.75) is 13.8 Å². The van der Waals surface area contributed by atoms with E-state index < -0.39 is 0 Å². The molecule has 0 saturated carbocycles. The van der Waals surface area contributed by atoms with Gasteiger partial charge in [0.1, 0.15) is 0 Å². The summed E-state index contributed by atoms with van der Waals surface area (Å²) in [4.78, 5) is 0. The van der Waals surface area contributed by atoms with Crippen molar-refractivity contribution in [1.29, 1.82) is 0 Å². The molecule has 0 spiro atoms. The highest BCUT2D eigenvalue weighted by atomic mass is 35.5. The van der Waals surface area contributed by atoms with Crippen LogP contribution >= 0.6 is 36.0 Å². The van der Waals surface area contributed by atoms with Crippen LogP contribution in [0.5, 0.6) is 0 Å². The monoisotopic (exact) mass is 208 g/mol. The minimum atomic E-state index is 0. The first-order valence-electron chi connectivity index (χ1n) is 2.91. The van der Waals surface area contributed by atoms with Crippen molar-refractivity contribution in [3.05, 3.63) is 0 Å². The van der Waals surface area contributed by atoms with Crippen LogP contribution < -0.4 is 5.32 Å². The average molecular weight is 210 g/mol. The molecule has 0 rings (SSSR count). The zero-order valence-electron chi connectivity index (χ0n) is 6.53. The van der Waals surface area contributed by atoms with Crippen LogP contribution in [-0.2, 0) is 0 Å². The van der Waals surface area contributed by atoms with Crippen LogP contribution in [0.25, 0.3) is 0 Å². The van der Waals surface area contributed by atoms with Gasteiger partial charge in [0.25, 0.3) is 0 Å². The van der Waals surface area contributed by atoms with Gasteiger partial charge in [-0.1, -0.05) is 13.8 Å². The molecule has 66 valence electrons. The van der Waals surface area contributed by atoms with Gasteiger partial charge in [0.2, 0.25) is 0 Å². The van der Waals surface area contributed by atoms with Gasteiger partial charge in [0.15, 0.2) is 0 Å². The van der Waals surface area contributed by atoms with E-state index in [1.165, 1.54) is 7.05 Å². The van der Waals surface area contributed by atoms with E-state index in [4.69, 9.17) is 23.6 Å². The first-order chi connectivity index (χ1) is 4.15. The summed E-state index contributed by atoms with van der Waals surface area (Å²) in [5.74, 6) is 0. The summed E-state index contributed by atoms with van der Waals surface area (Å²) in [5, 5.41) is 3.11. The Morgan fingerprint density at radius 1 is 1.20 bits per heavy atom. The van der Waals surface area contributed by atoms with Crippen molar-refractivity contribution < 1.29 is 0 Å². The van der Waals surface area contributed by atoms with Gasteiger partial charge < -0.3 is 5.32 Å². The lowest BCUT2D eigenvalue weighted by atomic mass is 10.7. The highest BCUT2D eigenvalue weighted by Gasteiger charge is 1.67. The van der Waals surface area contributed by atoms with Crippen molar-refractivity contribution in [2.24, 2.45) is 0 Å². The highest BCUT2D eigenvalue weighted by molar-refractivity contribution is 6.33. The molecule has 2 nitrogen and oxygen atoms in total. The summed E-state index contributed by atoms with van der Waals surface area (Å²) in [6.45, 7) is 6.39. The summed E-state index contributed by atoms with van der Waals surface area (Å²) >= 11 is 9.75. The van der Waals surface area contributed by atoms with Crippen molar-refractivity contribution in [3.8, 4) is 0 Å². The zero-order chi connectivity index (χ0) is 7.70. The fraction of sp³-hybridized carbons (Fsp3) is 1.00. The van der Waals surface area contributed by atoms with E-state index in [-0.39, 0.29) is 12.4 Å². The lowest BCUT2D eigenvalue weighted by Crippen LogP contribution is -2.09. The maximum atomic E-state index is 4.87. The smallest absolute Gasteiger partial charge is 0.0190 e. The Labute approximate surface area is 79.5 Å². The average Bonchev–Trinajstić information content (AvgIpc) is 1.66. The molecule has 0 aromatic carbocycles. The fourth-order valence-corrected chi connectivity index (χ4v) is 0.250. The molecule has 0 aromatic heterocycles. The molecule has 0 unspecified atom stereocenters. The third-order valence-electron chi connectivity index (χ3n) is 0.500. The van der Waals surface area contributed by atoms with Gasteiger partial charge in [-0.25, -0.2) is 0 Å². The third-order valence-corrected chi connectivity index (χ3v) is 0.500. The molecule has 5 heteroatoms. The topological polar surface area (TPSA) is 15.3 Å². The van der Waals surface area contributed by atoms with Gasteiger partial charge in [-0.3, -0.25) is 0 Å². The van der Waals surface area contributed by atoms with Crippen molar-refractivity contribution >= 4 is 36.0 Å². The fourth-order valence-electron chi connectivity index (χ4n) is 0.250. The molecular formula is C5H15Cl3N2. The second-order valence-corrected chi connectivity index (χ2v) is 2.55. The van der Waals surface area contributed by atoms with Gasteiger partial charge in [-0.15, -0.1) is 16.3 Å². The molecule has 0 fully saturated rings. The van der Waals surface area contributed by atoms with E-state index in [9.17, 15) is 0 Å². The van der Waals surface area contributed by atoms with Crippen LogP contribution in [0.2, 0.25) is 0 Å². The van der Waals surface area contributed by atoms with Crippen LogP contribution in [0.15, 0.2) is 0 Å². The van der Waals surface area contributed by atoms with Gasteiger partial charge in [0.05, 0.1) is 0 Å². The lowest BCUT2D eigenvalue weighted by Gasteiger charge is -1.86. The molecule has 0 heterocycles. The molecule has 0 radical (unpaired) electrons. The molecule has 0 aliphatic carbocycles. The number of hydrogen-bond donors (Lipinski definition) is 1. The predicted molar refractivity (Wildman–Crippen MR) is 50.9 cm³/mol. The second-order valence-electron chi connectivity index (χ2n) is 1.36. The van der Waals surface area contributed by atoms with Crippen LogP contribution in [-0.4, -0.2) is 24.1 Å². The Bertz CT molecular complexity index is 39.1. The number of hydrogen-bond acceptors (Lipinski definition) is 2. The lowest BCUT2D eigenvalue weighted by molar-refractivity contribution is 0.762. The molecule has 0 bridgehead atoms. The van der Waals surface area contributed by atoms with Crippen LogP contribution in [0.4, 0.5) is 0 Å². The Hall–Kier alpha value is 0.790. The predicted octanol–water partition coefficient (Wildman–Crippen LogP) is 2.26. The van der Waals surface area contributed by atoms with Crippen LogP contribution in [0.3, 0.4) is 0 Å². The van der Waals surface area contributed by atoms with E-state index in [1.54, 1.807) is 0 Å². The Morgan fingerprint density at radius 2 is 1.40 bits per heavy atom. The van der Waals surface area contributed by atoms with E-state index in [2.05, 4.69) is 19.2 Å². The Balaban J connectivity index is -0.0000000910. The summed E-state index contributed by atoms with van der Waals surface area (Å²) in [6, 6.07) is 0. The number of rotatable bonds is 2. The molecule has 0 saturated heterocycles. The Morgan fingerprint density at radius 3 is 1.40 bits per heavy atom. The van der Waals surface area contributed by atoms with Crippen molar-refractivity contribution in [2.75, 3.05) is 20.1 Å². The first-order valence-corrected chi connectivity index (χ1v) is 3.58. The van der Waals surface area contributed by atoms with Gasteiger partial charge in [-0.05, 0) is 36.6 Å². The number of halogens is 3. The second kappa shape index (κ2) is 16.4. The van der Waals surface area contributed by atoms with E-state index in [0.717, 1.165) is 17.0 Å². The summed E-state index contributed by atoms with van der Waals surface area (Å²) in [6.07, 6.45) is 0. The first kappa shape index (κ1) is 17.0. The highest BCUT2D eigenvalue weighted by Crippen LogP contribution is 1.87. The molecule has 10 heavy (non-hydrogen) atoms. The SMILES string of the molecule is CCNCC.CN(Cl)Cl.Cl. The minimum Gasteiger partial charge on any atom is -0.317 e. The molecule has 0 aromatic rings. The van der Waals surface area contributed by atoms with E-state index >= 15 is 0 Å². The number of nitrogens with zero attached hydrogens (tertiary/aromatic N) is 1. The maximum absolute atomic E-state index is 4.87. The molecule has 1 N–H and O–H groups in total. The van der Waals surface area contributed by atoms with Crippen molar-refractivity contribution in [1.82, 2.24) is 9.25 Å². The standard InChI is InChI=1S/C4H11N.CH3Cl2N.ClH/c1-3-5-4-2;1-4(2)3;/h5H,3-4H2,1-2H3;1H3;1H. The van der Waals surface area contributed by atoms with Gasteiger partial charge >= 0.3 is 0 Å². The molecule has 0 atom stereocenters. The molecule has 0 aliphatic heterocycles. The quantitative estimate of drug-likeness (QED) is 0.702. The zero-order valence-corrected chi connectivity index (χ0v) is 8.85. The maximum Gasteiger partial charge on any atom is 0.0190 e. The van der Waals surface area contributed by atoms with Crippen molar-refractivity contribution in [3.63, 3.8) is 0 Å². The van der Waals surface area contributed by atoms with Crippen LogP contribution in [0, 0.1) is 0 Å². The summed E-state index contributed by atoms with van der Waals surface area (Å²) in [7, 11) is 1.53. The number of nitrogens with one attached hydrogen (secondary N) is 1. The van der Waals surface area contributed by atoms with Gasteiger partial charge in [-0.2, -0.15) is 0 Å². The summed E-state index contributed by atoms with van der Waals surface area (Å²) < 4.78 is 0.944. The molecule has 0 amide bonds. The minimum absolute atomic E-state index is 0.